The van der Waals surface area contributed by atoms with E-state index >= 15 is 0 Å². The van der Waals surface area contributed by atoms with Crippen molar-refractivity contribution >= 4 is 0 Å². The van der Waals surface area contributed by atoms with Crippen LogP contribution in [0.1, 0.15) is 79.1 Å². The molecule has 0 radical (unpaired) electrons. The fraction of sp³-hybridized carbons (Fsp3) is 1.00. The largest absolute Gasteiger partial charge is 0.305 e. The molecule has 2 heteroatoms. The minimum absolute atomic E-state index is 0.412. The van der Waals surface area contributed by atoms with Crippen LogP contribution in [0.15, 0.2) is 0 Å². The third-order valence-corrected chi connectivity index (χ3v) is 4.35. The van der Waals surface area contributed by atoms with Gasteiger partial charge >= 0.3 is 0 Å². The summed E-state index contributed by atoms with van der Waals surface area (Å²) in [6.07, 6.45) is 11.5. The Kier molecular flexibility index (Phi) is 10.6. The maximum Gasteiger partial charge on any atom is 0.0569 e. The molecule has 0 saturated heterocycles. The van der Waals surface area contributed by atoms with Crippen LogP contribution < -0.4 is 10.6 Å². The van der Waals surface area contributed by atoms with Crippen molar-refractivity contribution in [2.24, 2.45) is 11.3 Å². The van der Waals surface area contributed by atoms with Gasteiger partial charge in [0.2, 0.25) is 0 Å². The molecule has 2 N–H and O–H groups in total. The molecule has 0 aromatic rings. The standard InChI is InChI=1S/C17H38N2/c1-7-8-9-10-11-12-13-15(17(2,3)4)14-16(18-5)19-6/h15-16,18-19H,7-14H2,1-6H3. The SMILES string of the molecule is CCCCCCCCC(CC(NC)NC)C(C)(C)C. The summed E-state index contributed by atoms with van der Waals surface area (Å²) in [4.78, 5) is 0. The molecule has 116 valence electrons. The lowest BCUT2D eigenvalue weighted by Gasteiger charge is -2.33. The highest BCUT2D eigenvalue weighted by Gasteiger charge is 2.26. The summed E-state index contributed by atoms with van der Waals surface area (Å²) in [5.74, 6) is 0.795. The fourth-order valence-electron chi connectivity index (χ4n) is 2.74. The molecular weight excluding hydrogens is 232 g/mol. The van der Waals surface area contributed by atoms with E-state index in [9.17, 15) is 0 Å². The molecule has 1 atom stereocenters. The number of hydrogen-bond acceptors (Lipinski definition) is 2. The van der Waals surface area contributed by atoms with Gasteiger partial charge in [0, 0.05) is 0 Å². The summed E-state index contributed by atoms with van der Waals surface area (Å²) in [6, 6.07) is 0. The lowest BCUT2D eigenvalue weighted by Crippen LogP contribution is -2.41. The van der Waals surface area contributed by atoms with E-state index in [0.717, 1.165) is 5.92 Å². The van der Waals surface area contributed by atoms with Crippen molar-refractivity contribution in [3.63, 3.8) is 0 Å². The van der Waals surface area contributed by atoms with Gasteiger partial charge in [-0.1, -0.05) is 66.2 Å². The highest BCUT2D eigenvalue weighted by Crippen LogP contribution is 2.33. The summed E-state index contributed by atoms with van der Waals surface area (Å²) in [7, 11) is 4.09. The van der Waals surface area contributed by atoms with Crippen LogP contribution in [0.3, 0.4) is 0 Å². The zero-order valence-corrected chi connectivity index (χ0v) is 14.3. The van der Waals surface area contributed by atoms with Crippen LogP contribution in [0.5, 0.6) is 0 Å². The second-order valence-corrected chi connectivity index (χ2v) is 6.99. The molecule has 19 heavy (non-hydrogen) atoms. The number of rotatable bonds is 11. The number of hydrogen-bond donors (Lipinski definition) is 2. The lowest BCUT2D eigenvalue weighted by atomic mass is 9.75. The Hall–Kier alpha value is -0.0800. The van der Waals surface area contributed by atoms with E-state index in [0.29, 0.717) is 11.6 Å². The van der Waals surface area contributed by atoms with Crippen LogP contribution in [0.25, 0.3) is 0 Å². The first-order valence-corrected chi connectivity index (χ1v) is 8.30. The van der Waals surface area contributed by atoms with E-state index in [1.807, 2.05) is 14.1 Å². The van der Waals surface area contributed by atoms with Crippen molar-refractivity contribution in [3.8, 4) is 0 Å². The molecular formula is C17H38N2. The zero-order valence-electron chi connectivity index (χ0n) is 14.3. The van der Waals surface area contributed by atoms with E-state index in [1.54, 1.807) is 0 Å². The van der Waals surface area contributed by atoms with Crippen LogP contribution >= 0.6 is 0 Å². The van der Waals surface area contributed by atoms with Crippen molar-refractivity contribution in [1.82, 2.24) is 10.6 Å². The summed E-state index contributed by atoms with van der Waals surface area (Å²) < 4.78 is 0. The highest BCUT2D eigenvalue weighted by atomic mass is 15.1. The fourth-order valence-corrected chi connectivity index (χ4v) is 2.74. The van der Waals surface area contributed by atoms with Gasteiger partial charge in [-0.3, -0.25) is 0 Å². The second kappa shape index (κ2) is 10.7. The lowest BCUT2D eigenvalue weighted by molar-refractivity contribution is 0.181. The molecule has 0 saturated carbocycles. The van der Waals surface area contributed by atoms with Crippen LogP contribution in [0.2, 0.25) is 0 Å². The minimum atomic E-state index is 0.412. The molecule has 0 amide bonds. The topological polar surface area (TPSA) is 24.1 Å². The molecule has 1 unspecified atom stereocenters. The Morgan fingerprint density at radius 1 is 0.842 bits per heavy atom. The van der Waals surface area contributed by atoms with Gasteiger partial charge in [0.25, 0.3) is 0 Å². The maximum atomic E-state index is 3.36. The first-order valence-electron chi connectivity index (χ1n) is 8.30. The number of unbranched alkanes of at least 4 members (excludes halogenated alkanes) is 5. The molecule has 0 heterocycles. The Morgan fingerprint density at radius 2 is 1.37 bits per heavy atom. The monoisotopic (exact) mass is 270 g/mol. The van der Waals surface area contributed by atoms with E-state index in [-0.39, 0.29) is 0 Å². The van der Waals surface area contributed by atoms with Gasteiger partial charge in [0.1, 0.15) is 0 Å². The van der Waals surface area contributed by atoms with Crippen LogP contribution in [0, 0.1) is 11.3 Å². The highest BCUT2D eigenvalue weighted by molar-refractivity contribution is 4.78. The Balaban J connectivity index is 4.01. The van der Waals surface area contributed by atoms with E-state index in [2.05, 4.69) is 38.3 Å². The molecule has 0 aliphatic rings. The molecule has 0 aliphatic heterocycles. The van der Waals surface area contributed by atoms with Crippen molar-refractivity contribution in [1.29, 1.82) is 0 Å². The number of nitrogens with one attached hydrogen (secondary N) is 2. The summed E-state index contributed by atoms with van der Waals surface area (Å²) in [5.41, 5.74) is 0.412. The summed E-state index contributed by atoms with van der Waals surface area (Å²) >= 11 is 0. The van der Waals surface area contributed by atoms with Gasteiger partial charge in [-0.25, -0.2) is 0 Å². The maximum absolute atomic E-state index is 3.36. The van der Waals surface area contributed by atoms with Crippen LogP contribution in [-0.2, 0) is 0 Å². The third-order valence-electron chi connectivity index (χ3n) is 4.35. The average Bonchev–Trinajstić information content (AvgIpc) is 2.35. The van der Waals surface area contributed by atoms with Gasteiger partial charge in [0.05, 0.1) is 6.17 Å². The Labute approximate surface area is 122 Å². The third kappa shape index (κ3) is 9.45. The Morgan fingerprint density at radius 3 is 1.84 bits per heavy atom. The molecule has 0 aromatic heterocycles. The predicted octanol–water partition coefficient (Wildman–Crippen LogP) is 4.55. The van der Waals surface area contributed by atoms with E-state index < -0.39 is 0 Å². The molecule has 0 aromatic carbocycles. The van der Waals surface area contributed by atoms with E-state index in [1.165, 1.54) is 51.4 Å². The van der Waals surface area contributed by atoms with E-state index in [4.69, 9.17) is 0 Å². The Bertz CT molecular complexity index is 192. The van der Waals surface area contributed by atoms with Crippen molar-refractivity contribution in [2.45, 2.75) is 85.2 Å². The average molecular weight is 271 g/mol. The summed E-state index contributed by atoms with van der Waals surface area (Å²) in [6.45, 7) is 9.44. The quantitative estimate of drug-likeness (QED) is 0.425. The molecule has 0 bridgehead atoms. The predicted molar refractivity (Wildman–Crippen MR) is 87.5 cm³/mol. The normalized spacial score (nSPS) is 14.1. The smallest absolute Gasteiger partial charge is 0.0569 e. The van der Waals surface area contributed by atoms with Crippen molar-refractivity contribution in [3.05, 3.63) is 0 Å². The van der Waals surface area contributed by atoms with Gasteiger partial charge in [-0.2, -0.15) is 0 Å². The van der Waals surface area contributed by atoms with Gasteiger partial charge in [0.15, 0.2) is 0 Å². The first kappa shape index (κ1) is 18.9. The first-order chi connectivity index (χ1) is 8.95. The minimum Gasteiger partial charge on any atom is -0.305 e. The van der Waals surface area contributed by atoms with Crippen molar-refractivity contribution < 1.29 is 0 Å². The molecule has 2 nitrogen and oxygen atoms in total. The van der Waals surface area contributed by atoms with Crippen molar-refractivity contribution in [2.75, 3.05) is 14.1 Å². The van der Waals surface area contributed by atoms with Gasteiger partial charge in [-0.05, 0) is 38.3 Å². The van der Waals surface area contributed by atoms with Gasteiger partial charge < -0.3 is 10.6 Å². The molecule has 0 aliphatic carbocycles. The molecule has 0 fully saturated rings. The van der Waals surface area contributed by atoms with Crippen LogP contribution in [0.4, 0.5) is 0 Å². The molecule has 0 rings (SSSR count). The van der Waals surface area contributed by atoms with Crippen LogP contribution in [-0.4, -0.2) is 20.3 Å². The second-order valence-electron chi connectivity index (χ2n) is 6.99. The van der Waals surface area contributed by atoms with Gasteiger partial charge in [-0.15, -0.1) is 0 Å². The summed E-state index contributed by atoms with van der Waals surface area (Å²) in [5, 5.41) is 6.72. The zero-order chi connectivity index (χ0) is 14.7. The molecule has 0 spiro atoms.